The van der Waals surface area contributed by atoms with Crippen LogP contribution in [0, 0.1) is 24.2 Å². The molecular formula is C53H49Cl2N5O9S2. The van der Waals surface area contributed by atoms with Gasteiger partial charge in [-0.2, -0.15) is 9.57 Å². The van der Waals surface area contributed by atoms with Crippen molar-refractivity contribution < 1.29 is 41.7 Å². The van der Waals surface area contributed by atoms with E-state index in [2.05, 4.69) is 16.4 Å². The van der Waals surface area contributed by atoms with Gasteiger partial charge < -0.3 is 24.3 Å². The number of carbonyl (C=O) groups is 3. The number of amides is 2. The Kier molecular flexibility index (Phi) is 14.7. The molecule has 0 saturated heterocycles. The number of aryl methyl sites for hydroxylation is 1. The van der Waals surface area contributed by atoms with Crippen LogP contribution in [-0.4, -0.2) is 67.8 Å². The number of nitrogens with one attached hydrogen (secondary N) is 1. The van der Waals surface area contributed by atoms with Crippen molar-refractivity contribution in [2.45, 2.75) is 81.5 Å². The van der Waals surface area contributed by atoms with E-state index in [1.807, 2.05) is 66.7 Å². The van der Waals surface area contributed by atoms with Gasteiger partial charge in [-0.1, -0.05) is 95.6 Å². The lowest BCUT2D eigenvalue weighted by atomic mass is 9.85. The maximum absolute atomic E-state index is 15.1. The molecule has 3 atom stereocenters. The number of fused-ring (bicyclic) bond motifs is 2. The molecule has 0 spiro atoms. The maximum atomic E-state index is 15.1. The van der Waals surface area contributed by atoms with Crippen LogP contribution < -0.4 is 24.4 Å². The first-order valence-electron chi connectivity index (χ1n) is 23.0. The highest BCUT2D eigenvalue weighted by Gasteiger charge is 2.44. The summed E-state index contributed by atoms with van der Waals surface area (Å²) >= 11 is 13.1. The average molecular weight is 1040 g/mol. The van der Waals surface area contributed by atoms with Crippen LogP contribution >= 0.6 is 34.5 Å². The smallest absolute Gasteiger partial charge is 0.328 e. The fourth-order valence-electron chi connectivity index (χ4n) is 8.86. The third kappa shape index (κ3) is 10.9. The van der Waals surface area contributed by atoms with Crippen molar-refractivity contribution in [1.29, 1.82) is 5.26 Å². The van der Waals surface area contributed by atoms with Gasteiger partial charge >= 0.3 is 5.97 Å². The molecule has 0 radical (unpaired) electrons. The van der Waals surface area contributed by atoms with Gasteiger partial charge in [-0.25, -0.2) is 18.2 Å². The van der Waals surface area contributed by atoms with E-state index in [0.717, 1.165) is 57.2 Å². The number of benzene rings is 5. The standard InChI is InChI=1S/C53H49Cl2N5O9S2/c1-31-52(70-53(57-31)59(32(2)61)27-35-5-4-6-35)71(64,65)60-28-41-25-48-47(68-30-49(69-48)39-16-18-42(19-17-39)67-29-36-11-20-43(54)44(55)21-36)24-40(41)23-46(60)50(62)58-45(51(63)66-3)22-33-7-12-37(13-8-33)38-14-9-34(26-56)10-15-38/h7-21,24-25,35,45-46,49H,4-6,22-23,27-30H2,1-3H3,(H,58,62)/t45-,46?,49+/m0/s1. The molecule has 18 heteroatoms. The first kappa shape index (κ1) is 49.5. The summed E-state index contributed by atoms with van der Waals surface area (Å²) in [5, 5.41) is 13.2. The van der Waals surface area contributed by atoms with Crippen LogP contribution in [0.4, 0.5) is 5.13 Å². The Bertz CT molecular complexity index is 3140. The van der Waals surface area contributed by atoms with Gasteiger partial charge in [0.15, 0.2) is 26.9 Å². The SMILES string of the molecule is COC(=O)[C@H](Cc1ccc(-c2ccc(C#N)cc2)cc1)NC(=O)C1Cc2cc3c(cc2CN1S(=O)(=O)c1sc(N(CC2CCC2)C(C)=O)nc1C)O[C@@H](c1ccc(OCc2ccc(Cl)c(Cl)c2)cc1)CO3. The van der Waals surface area contributed by atoms with Gasteiger partial charge in [0, 0.05) is 26.4 Å². The van der Waals surface area contributed by atoms with E-state index in [0.29, 0.717) is 62.0 Å². The van der Waals surface area contributed by atoms with Crippen molar-refractivity contribution >= 4 is 67.5 Å². The number of anilines is 1. The largest absolute Gasteiger partial charge is 0.489 e. The Morgan fingerprint density at radius 1 is 0.930 bits per heavy atom. The number of nitrogens with zero attached hydrogens (tertiary/aromatic N) is 4. The number of thiazole rings is 1. The Morgan fingerprint density at radius 3 is 2.27 bits per heavy atom. The van der Waals surface area contributed by atoms with Crippen LogP contribution in [0.2, 0.25) is 10.0 Å². The second kappa shape index (κ2) is 21.1. The minimum absolute atomic E-state index is 0.0512. The van der Waals surface area contributed by atoms with Gasteiger partial charge in [0.1, 0.15) is 31.0 Å². The number of aromatic nitrogens is 1. The number of rotatable bonds is 15. The summed E-state index contributed by atoms with van der Waals surface area (Å²) in [6.45, 7) is 3.69. The highest BCUT2D eigenvalue weighted by atomic mass is 35.5. The summed E-state index contributed by atoms with van der Waals surface area (Å²) in [5.41, 5.74) is 6.19. The Morgan fingerprint density at radius 2 is 1.62 bits per heavy atom. The number of hydrogen-bond donors (Lipinski definition) is 1. The molecule has 1 saturated carbocycles. The van der Waals surface area contributed by atoms with E-state index < -0.39 is 40.1 Å². The molecule has 14 nitrogen and oxygen atoms in total. The average Bonchev–Trinajstić information content (AvgIpc) is 3.76. The van der Waals surface area contributed by atoms with Crippen LogP contribution in [0.3, 0.4) is 0 Å². The van der Waals surface area contributed by atoms with Crippen LogP contribution in [0.25, 0.3) is 11.1 Å². The summed E-state index contributed by atoms with van der Waals surface area (Å²) in [6, 6.07) is 30.5. The van der Waals surface area contributed by atoms with E-state index in [9.17, 15) is 19.6 Å². The van der Waals surface area contributed by atoms with Gasteiger partial charge in [0.05, 0.1) is 34.5 Å². The number of carbonyl (C=O) groups excluding carboxylic acids is 3. The molecule has 1 aliphatic carbocycles. The number of sulfonamides is 1. The van der Waals surface area contributed by atoms with E-state index in [-0.39, 0.29) is 53.5 Å². The molecule has 2 aliphatic heterocycles. The number of esters is 1. The van der Waals surface area contributed by atoms with E-state index in [4.69, 9.17) is 42.1 Å². The van der Waals surface area contributed by atoms with Crippen LogP contribution in [0.15, 0.2) is 107 Å². The van der Waals surface area contributed by atoms with E-state index in [1.54, 1.807) is 43.3 Å². The van der Waals surface area contributed by atoms with Gasteiger partial charge in [0.25, 0.3) is 10.0 Å². The molecule has 1 unspecified atom stereocenters. The van der Waals surface area contributed by atoms with Gasteiger partial charge in [-0.3, -0.25) is 14.5 Å². The summed E-state index contributed by atoms with van der Waals surface area (Å²) in [6.07, 6.45) is 2.50. The number of nitriles is 1. The maximum Gasteiger partial charge on any atom is 0.328 e. The lowest BCUT2D eigenvalue weighted by Crippen LogP contribution is -2.56. The minimum Gasteiger partial charge on any atom is -0.489 e. The van der Waals surface area contributed by atoms with Crippen molar-refractivity contribution in [3.8, 4) is 34.4 Å². The number of ether oxygens (including phenoxy) is 4. The highest BCUT2D eigenvalue weighted by Crippen LogP contribution is 2.43. The molecule has 0 bridgehead atoms. The Hall–Kier alpha value is -6.48. The van der Waals surface area contributed by atoms with Gasteiger partial charge in [-0.05, 0) is 120 Å². The number of halogens is 2. The van der Waals surface area contributed by atoms with Crippen LogP contribution in [0.5, 0.6) is 17.2 Å². The van der Waals surface area contributed by atoms with Gasteiger partial charge in [0.2, 0.25) is 11.8 Å². The zero-order valence-electron chi connectivity index (χ0n) is 39.0. The molecular weight excluding hydrogens is 986 g/mol. The Balaban J connectivity index is 0.979. The molecule has 366 valence electrons. The molecule has 1 N–H and O–H groups in total. The summed E-state index contributed by atoms with van der Waals surface area (Å²) in [5.74, 6) is 0.113. The zero-order chi connectivity index (χ0) is 50.0. The minimum atomic E-state index is -4.49. The lowest BCUT2D eigenvalue weighted by Gasteiger charge is -2.36. The van der Waals surface area contributed by atoms with Crippen molar-refractivity contribution in [2.24, 2.45) is 5.92 Å². The molecule has 5 aromatic carbocycles. The van der Waals surface area contributed by atoms with E-state index in [1.165, 1.54) is 18.9 Å². The molecule has 1 fully saturated rings. The predicted octanol–water partition coefficient (Wildman–Crippen LogP) is 9.56. The fraction of sp³-hybridized carbons (Fsp3) is 0.302. The quantitative estimate of drug-likeness (QED) is 0.0969. The monoisotopic (exact) mass is 1030 g/mol. The fourth-order valence-corrected chi connectivity index (χ4v) is 12.4. The van der Waals surface area contributed by atoms with Crippen molar-refractivity contribution in [3.63, 3.8) is 0 Å². The second-order valence-corrected chi connectivity index (χ2v) is 21.7. The first-order valence-corrected chi connectivity index (χ1v) is 26.1. The number of methoxy groups -OCH3 is 1. The lowest BCUT2D eigenvalue weighted by molar-refractivity contribution is -0.145. The molecule has 3 aliphatic rings. The van der Waals surface area contributed by atoms with Crippen LogP contribution in [0.1, 0.15) is 71.4 Å². The third-order valence-electron chi connectivity index (χ3n) is 13.1. The topological polar surface area (TPSA) is 177 Å². The normalized spacial score (nSPS) is 17.0. The first-order chi connectivity index (χ1) is 34.2. The summed E-state index contributed by atoms with van der Waals surface area (Å²) in [4.78, 5) is 47.2. The van der Waals surface area contributed by atoms with Crippen molar-refractivity contribution in [1.82, 2.24) is 14.6 Å². The van der Waals surface area contributed by atoms with Gasteiger partial charge in [-0.15, -0.1) is 0 Å². The molecule has 1 aromatic heterocycles. The molecule has 71 heavy (non-hydrogen) atoms. The summed E-state index contributed by atoms with van der Waals surface area (Å²) in [7, 11) is -3.26. The third-order valence-corrected chi connectivity index (χ3v) is 17.4. The van der Waals surface area contributed by atoms with E-state index >= 15 is 8.42 Å². The predicted molar refractivity (Wildman–Crippen MR) is 269 cm³/mol. The van der Waals surface area contributed by atoms with Crippen molar-refractivity contribution in [3.05, 3.63) is 152 Å². The number of hydrogen-bond acceptors (Lipinski definition) is 12. The molecule has 9 rings (SSSR count). The molecule has 3 heterocycles. The Labute approximate surface area is 426 Å². The summed E-state index contributed by atoms with van der Waals surface area (Å²) < 4.78 is 55.2. The molecule has 2 amide bonds. The second-order valence-electron chi connectivity index (χ2n) is 17.8. The van der Waals surface area contributed by atoms with Crippen LogP contribution in [-0.2, 0) is 55.1 Å². The molecule has 6 aromatic rings. The zero-order valence-corrected chi connectivity index (χ0v) is 42.2. The highest BCUT2D eigenvalue weighted by molar-refractivity contribution is 7.91. The van der Waals surface area contributed by atoms with Crippen molar-refractivity contribution in [2.75, 3.05) is 25.2 Å².